The highest BCUT2D eigenvalue weighted by atomic mass is 16.5. The maximum atomic E-state index is 9.29. The first kappa shape index (κ1) is 14.4. The maximum absolute atomic E-state index is 9.29. The van der Waals surface area contributed by atoms with E-state index < -0.39 is 0 Å². The molecule has 0 aromatic heterocycles. The Morgan fingerprint density at radius 2 is 1.95 bits per heavy atom. The predicted molar refractivity (Wildman–Crippen MR) is 77.2 cm³/mol. The summed E-state index contributed by atoms with van der Waals surface area (Å²) in [5, 5.41) is 12.8. The maximum Gasteiger partial charge on any atom is 0.119 e. The van der Waals surface area contributed by atoms with Crippen LogP contribution in [0.1, 0.15) is 31.7 Å². The molecule has 0 saturated heterocycles. The number of benzene rings is 1. The first-order valence-electron chi connectivity index (χ1n) is 7.36. The fraction of sp³-hybridized carbons (Fsp3) is 0.625. The Morgan fingerprint density at radius 3 is 2.63 bits per heavy atom. The number of hydrogen-bond acceptors (Lipinski definition) is 3. The highest BCUT2D eigenvalue weighted by Crippen LogP contribution is 2.30. The van der Waals surface area contributed by atoms with Crippen LogP contribution in [0.15, 0.2) is 24.3 Å². The molecule has 1 aromatic carbocycles. The summed E-state index contributed by atoms with van der Waals surface area (Å²) in [4.78, 5) is 0. The zero-order chi connectivity index (χ0) is 13.5. The topological polar surface area (TPSA) is 41.5 Å². The Balaban J connectivity index is 1.73. The first-order valence-corrected chi connectivity index (χ1v) is 7.36. The van der Waals surface area contributed by atoms with Gasteiger partial charge in [-0.05, 0) is 55.8 Å². The van der Waals surface area contributed by atoms with Crippen molar-refractivity contribution in [2.24, 2.45) is 11.8 Å². The molecule has 0 amide bonds. The van der Waals surface area contributed by atoms with Crippen molar-refractivity contribution in [2.45, 2.75) is 32.7 Å². The molecule has 0 radical (unpaired) electrons. The molecule has 106 valence electrons. The lowest BCUT2D eigenvalue weighted by Crippen LogP contribution is -2.26. The molecule has 0 bridgehead atoms. The zero-order valence-electron chi connectivity index (χ0n) is 11.8. The van der Waals surface area contributed by atoms with E-state index in [4.69, 9.17) is 4.74 Å². The van der Waals surface area contributed by atoms with Gasteiger partial charge >= 0.3 is 0 Å². The molecule has 2 unspecified atom stereocenters. The Kier molecular flexibility index (Phi) is 5.67. The number of hydrogen-bond donors (Lipinski definition) is 2. The van der Waals surface area contributed by atoms with Crippen LogP contribution in [-0.2, 0) is 6.54 Å². The normalized spacial score (nSPS) is 22.6. The van der Waals surface area contributed by atoms with E-state index >= 15 is 0 Å². The number of aliphatic hydroxyl groups excluding tert-OH is 1. The Labute approximate surface area is 116 Å². The van der Waals surface area contributed by atoms with Crippen molar-refractivity contribution in [1.82, 2.24) is 5.32 Å². The van der Waals surface area contributed by atoms with Crippen molar-refractivity contribution >= 4 is 0 Å². The molecule has 2 atom stereocenters. The van der Waals surface area contributed by atoms with Crippen LogP contribution >= 0.6 is 0 Å². The van der Waals surface area contributed by atoms with Crippen LogP contribution in [-0.4, -0.2) is 24.9 Å². The lowest BCUT2D eigenvalue weighted by molar-refractivity contribution is 0.192. The van der Waals surface area contributed by atoms with Crippen LogP contribution in [0.3, 0.4) is 0 Å². The molecule has 19 heavy (non-hydrogen) atoms. The summed E-state index contributed by atoms with van der Waals surface area (Å²) in [6.07, 6.45) is 3.70. The SMILES string of the molecule is CCOc1ccc(CNCC2CCCC2CO)cc1. The minimum absolute atomic E-state index is 0.343. The van der Waals surface area contributed by atoms with Gasteiger partial charge in [0.1, 0.15) is 5.75 Å². The van der Waals surface area contributed by atoms with Crippen LogP contribution < -0.4 is 10.1 Å². The van der Waals surface area contributed by atoms with Gasteiger partial charge in [0.25, 0.3) is 0 Å². The van der Waals surface area contributed by atoms with Gasteiger partial charge in [-0.2, -0.15) is 0 Å². The second-order valence-electron chi connectivity index (χ2n) is 5.34. The van der Waals surface area contributed by atoms with Gasteiger partial charge in [0.05, 0.1) is 6.61 Å². The summed E-state index contributed by atoms with van der Waals surface area (Å²) in [6, 6.07) is 8.26. The van der Waals surface area contributed by atoms with Gasteiger partial charge in [0.15, 0.2) is 0 Å². The van der Waals surface area contributed by atoms with E-state index in [1.807, 2.05) is 19.1 Å². The highest BCUT2D eigenvalue weighted by Gasteiger charge is 2.25. The van der Waals surface area contributed by atoms with Crippen LogP contribution in [0, 0.1) is 11.8 Å². The van der Waals surface area contributed by atoms with E-state index in [9.17, 15) is 5.11 Å². The van der Waals surface area contributed by atoms with Crippen molar-refractivity contribution in [3.63, 3.8) is 0 Å². The van der Waals surface area contributed by atoms with Gasteiger partial charge in [0.2, 0.25) is 0 Å². The van der Waals surface area contributed by atoms with Gasteiger partial charge < -0.3 is 15.2 Å². The largest absolute Gasteiger partial charge is 0.494 e. The summed E-state index contributed by atoms with van der Waals surface area (Å²) in [5.74, 6) is 2.09. The standard InChI is InChI=1S/C16H25NO2/c1-2-19-16-8-6-13(7-9-16)10-17-11-14-4-3-5-15(14)12-18/h6-9,14-15,17-18H,2-5,10-12H2,1H3. The predicted octanol–water partition coefficient (Wildman–Crippen LogP) is 2.58. The van der Waals surface area contributed by atoms with E-state index in [1.54, 1.807) is 0 Å². The number of aliphatic hydroxyl groups is 1. The molecule has 0 spiro atoms. The molecule has 2 rings (SSSR count). The quantitative estimate of drug-likeness (QED) is 0.794. The second kappa shape index (κ2) is 7.51. The molecule has 1 aliphatic rings. The van der Waals surface area contributed by atoms with Crippen molar-refractivity contribution in [2.75, 3.05) is 19.8 Å². The Hall–Kier alpha value is -1.06. The number of nitrogens with one attached hydrogen (secondary N) is 1. The van der Waals surface area contributed by atoms with Crippen LogP contribution in [0.25, 0.3) is 0 Å². The van der Waals surface area contributed by atoms with Gasteiger partial charge in [-0.1, -0.05) is 18.6 Å². The third-order valence-electron chi connectivity index (χ3n) is 4.02. The minimum atomic E-state index is 0.343. The minimum Gasteiger partial charge on any atom is -0.494 e. The molecule has 3 heteroatoms. The average molecular weight is 263 g/mol. The monoisotopic (exact) mass is 263 g/mol. The Bertz CT molecular complexity index is 364. The van der Waals surface area contributed by atoms with Crippen molar-refractivity contribution in [1.29, 1.82) is 0 Å². The highest BCUT2D eigenvalue weighted by molar-refractivity contribution is 5.27. The molecule has 1 aromatic rings. The molecular weight excluding hydrogens is 238 g/mol. The van der Waals surface area contributed by atoms with Gasteiger partial charge in [0, 0.05) is 13.2 Å². The van der Waals surface area contributed by atoms with E-state index in [2.05, 4.69) is 17.4 Å². The van der Waals surface area contributed by atoms with E-state index in [0.717, 1.165) is 18.8 Å². The van der Waals surface area contributed by atoms with Gasteiger partial charge in [-0.3, -0.25) is 0 Å². The van der Waals surface area contributed by atoms with E-state index in [0.29, 0.717) is 25.0 Å². The van der Waals surface area contributed by atoms with Crippen LogP contribution in [0.2, 0.25) is 0 Å². The molecule has 1 aliphatic carbocycles. The van der Waals surface area contributed by atoms with Crippen molar-refractivity contribution < 1.29 is 9.84 Å². The summed E-state index contributed by atoms with van der Waals surface area (Å²) in [6.45, 7) is 4.95. The molecule has 1 saturated carbocycles. The van der Waals surface area contributed by atoms with Crippen LogP contribution in [0.4, 0.5) is 0 Å². The molecular formula is C16H25NO2. The summed E-state index contributed by atoms with van der Waals surface area (Å²) in [7, 11) is 0. The number of ether oxygens (including phenoxy) is 1. The summed E-state index contributed by atoms with van der Waals surface area (Å²) in [5.41, 5.74) is 1.28. The molecule has 0 aliphatic heterocycles. The van der Waals surface area contributed by atoms with Crippen molar-refractivity contribution in [3.8, 4) is 5.75 Å². The third kappa shape index (κ3) is 4.22. The molecule has 2 N–H and O–H groups in total. The van der Waals surface area contributed by atoms with E-state index in [1.165, 1.54) is 24.8 Å². The van der Waals surface area contributed by atoms with Gasteiger partial charge in [-0.15, -0.1) is 0 Å². The fourth-order valence-electron chi connectivity index (χ4n) is 2.89. The lowest BCUT2D eigenvalue weighted by atomic mass is 9.97. The summed E-state index contributed by atoms with van der Waals surface area (Å²) < 4.78 is 5.43. The molecule has 1 fully saturated rings. The summed E-state index contributed by atoms with van der Waals surface area (Å²) >= 11 is 0. The average Bonchev–Trinajstić information content (AvgIpc) is 2.88. The second-order valence-corrected chi connectivity index (χ2v) is 5.34. The lowest BCUT2D eigenvalue weighted by Gasteiger charge is -2.17. The van der Waals surface area contributed by atoms with E-state index in [-0.39, 0.29) is 0 Å². The Morgan fingerprint density at radius 1 is 1.21 bits per heavy atom. The molecule has 3 nitrogen and oxygen atoms in total. The zero-order valence-corrected chi connectivity index (χ0v) is 11.8. The first-order chi connectivity index (χ1) is 9.33. The smallest absolute Gasteiger partial charge is 0.119 e. The van der Waals surface area contributed by atoms with Crippen LogP contribution in [0.5, 0.6) is 5.75 Å². The third-order valence-corrected chi connectivity index (χ3v) is 4.02. The van der Waals surface area contributed by atoms with Gasteiger partial charge in [-0.25, -0.2) is 0 Å². The number of rotatable bonds is 7. The fourth-order valence-corrected chi connectivity index (χ4v) is 2.89. The molecule has 0 heterocycles. The van der Waals surface area contributed by atoms with Crippen molar-refractivity contribution in [3.05, 3.63) is 29.8 Å².